The lowest BCUT2D eigenvalue weighted by molar-refractivity contribution is 0.0199. The zero-order valence-electron chi connectivity index (χ0n) is 8.44. The molecule has 2 aliphatic heterocycles. The monoisotopic (exact) mass is 184 g/mol. The molecule has 76 valence electrons. The molecule has 0 aromatic heterocycles. The van der Waals surface area contributed by atoms with Crippen molar-refractivity contribution in [3.63, 3.8) is 0 Å². The van der Waals surface area contributed by atoms with E-state index in [1.165, 1.54) is 25.9 Å². The van der Waals surface area contributed by atoms with Crippen LogP contribution in [-0.2, 0) is 4.74 Å². The first-order valence-corrected chi connectivity index (χ1v) is 5.34. The van der Waals surface area contributed by atoms with Crippen LogP contribution in [0.4, 0.5) is 0 Å². The quantitative estimate of drug-likeness (QED) is 0.662. The highest BCUT2D eigenvalue weighted by molar-refractivity contribution is 4.84. The molecule has 2 saturated heterocycles. The second kappa shape index (κ2) is 3.95. The molecule has 0 aromatic carbocycles. The fourth-order valence-electron chi connectivity index (χ4n) is 2.01. The summed E-state index contributed by atoms with van der Waals surface area (Å²) >= 11 is 0. The molecule has 0 aliphatic carbocycles. The van der Waals surface area contributed by atoms with E-state index < -0.39 is 0 Å². The number of nitrogens with one attached hydrogen (secondary N) is 2. The molecule has 2 fully saturated rings. The van der Waals surface area contributed by atoms with Gasteiger partial charge in [-0.3, -0.25) is 0 Å². The van der Waals surface area contributed by atoms with Gasteiger partial charge in [-0.1, -0.05) is 0 Å². The van der Waals surface area contributed by atoms with Crippen molar-refractivity contribution < 1.29 is 4.74 Å². The SMILES string of the molecule is CC1(CNCC2CNC2)CCCO1. The first-order chi connectivity index (χ1) is 6.29. The van der Waals surface area contributed by atoms with Gasteiger partial charge in [0, 0.05) is 32.8 Å². The topological polar surface area (TPSA) is 33.3 Å². The standard InChI is InChI=1S/C10H20N2O/c1-10(3-2-4-13-10)8-12-7-9-5-11-6-9/h9,11-12H,2-8H2,1H3. The van der Waals surface area contributed by atoms with Gasteiger partial charge in [0.1, 0.15) is 0 Å². The Labute approximate surface area is 80.2 Å². The minimum absolute atomic E-state index is 0.122. The number of hydrogen-bond acceptors (Lipinski definition) is 3. The molecular formula is C10H20N2O. The first kappa shape index (κ1) is 9.44. The third-order valence-electron chi connectivity index (χ3n) is 3.10. The third kappa shape index (κ3) is 2.42. The Morgan fingerprint density at radius 3 is 2.92 bits per heavy atom. The minimum atomic E-state index is 0.122. The van der Waals surface area contributed by atoms with Crippen molar-refractivity contribution in [1.82, 2.24) is 10.6 Å². The van der Waals surface area contributed by atoms with Gasteiger partial charge in [-0.25, -0.2) is 0 Å². The van der Waals surface area contributed by atoms with Gasteiger partial charge in [-0.2, -0.15) is 0 Å². The maximum absolute atomic E-state index is 5.70. The molecule has 2 rings (SSSR count). The predicted molar refractivity (Wildman–Crippen MR) is 52.8 cm³/mol. The summed E-state index contributed by atoms with van der Waals surface area (Å²) in [5, 5.41) is 6.78. The third-order valence-corrected chi connectivity index (χ3v) is 3.10. The molecule has 1 atom stereocenters. The van der Waals surface area contributed by atoms with Gasteiger partial charge in [0.25, 0.3) is 0 Å². The van der Waals surface area contributed by atoms with Crippen LogP contribution in [0.1, 0.15) is 19.8 Å². The Morgan fingerprint density at radius 1 is 1.54 bits per heavy atom. The van der Waals surface area contributed by atoms with Crippen molar-refractivity contribution in [2.75, 3.05) is 32.8 Å². The molecule has 0 radical (unpaired) electrons. The van der Waals surface area contributed by atoms with E-state index in [1.54, 1.807) is 0 Å². The highest BCUT2D eigenvalue weighted by Crippen LogP contribution is 2.23. The van der Waals surface area contributed by atoms with Gasteiger partial charge in [0.2, 0.25) is 0 Å². The van der Waals surface area contributed by atoms with Crippen molar-refractivity contribution >= 4 is 0 Å². The molecule has 3 heteroatoms. The van der Waals surface area contributed by atoms with Gasteiger partial charge < -0.3 is 15.4 Å². The number of rotatable bonds is 4. The zero-order chi connectivity index (χ0) is 9.15. The van der Waals surface area contributed by atoms with E-state index in [9.17, 15) is 0 Å². The molecule has 0 spiro atoms. The summed E-state index contributed by atoms with van der Waals surface area (Å²) in [4.78, 5) is 0. The van der Waals surface area contributed by atoms with Crippen LogP contribution in [0.5, 0.6) is 0 Å². The van der Waals surface area contributed by atoms with Crippen LogP contribution in [0.2, 0.25) is 0 Å². The maximum Gasteiger partial charge on any atom is 0.0779 e. The maximum atomic E-state index is 5.70. The Balaban J connectivity index is 1.60. The van der Waals surface area contributed by atoms with Crippen molar-refractivity contribution in [3.8, 4) is 0 Å². The molecule has 1 unspecified atom stereocenters. The van der Waals surface area contributed by atoms with Gasteiger partial charge in [-0.05, 0) is 25.7 Å². The summed E-state index contributed by atoms with van der Waals surface area (Å²) in [6.07, 6.45) is 2.44. The van der Waals surface area contributed by atoms with Gasteiger partial charge in [0.15, 0.2) is 0 Å². The van der Waals surface area contributed by atoms with Crippen molar-refractivity contribution in [3.05, 3.63) is 0 Å². The van der Waals surface area contributed by atoms with Crippen LogP contribution in [-0.4, -0.2) is 38.4 Å². The summed E-state index contributed by atoms with van der Waals surface area (Å²) in [7, 11) is 0. The second-order valence-electron chi connectivity index (χ2n) is 4.56. The van der Waals surface area contributed by atoms with E-state index in [4.69, 9.17) is 4.74 Å². The minimum Gasteiger partial charge on any atom is -0.374 e. The Morgan fingerprint density at radius 2 is 2.38 bits per heavy atom. The Kier molecular flexibility index (Phi) is 2.86. The van der Waals surface area contributed by atoms with Crippen LogP contribution < -0.4 is 10.6 Å². The molecule has 13 heavy (non-hydrogen) atoms. The summed E-state index contributed by atoms with van der Waals surface area (Å²) < 4.78 is 5.70. The molecule has 0 saturated carbocycles. The lowest BCUT2D eigenvalue weighted by atomic mass is 10.0. The average Bonchev–Trinajstić information content (AvgIpc) is 2.43. The van der Waals surface area contributed by atoms with E-state index >= 15 is 0 Å². The lowest BCUT2D eigenvalue weighted by Crippen LogP contribution is -2.49. The van der Waals surface area contributed by atoms with E-state index in [-0.39, 0.29) is 5.60 Å². The smallest absolute Gasteiger partial charge is 0.0779 e. The summed E-state index contributed by atoms with van der Waals surface area (Å²) in [5.74, 6) is 0.852. The molecule has 2 aliphatic rings. The largest absolute Gasteiger partial charge is 0.374 e. The lowest BCUT2D eigenvalue weighted by Gasteiger charge is -2.30. The Hall–Kier alpha value is -0.120. The zero-order valence-corrected chi connectivity index (χ0v) is 8.44. The number of hydrogen-bond donors (Lipinski definition) is 2. The van der Waals surface area contributed by atoms with Crippen molar-refractivity contribution in [2.24, 2.45) is 5.92 Å². The van der Waals surface area contributed by atoms with Crippen LogP contribution in [0.25, 0.3) is 0 Å². The van der Waals surface area contributed by atoms with E-state index in [2.05, 4.69) is 17.6 Å². The summed E-state index contributed by atoms with van der Waals surface area (Å²) in [6.45, 7) is 7.69. The predicted octanol–water partition coefficient (Wildman–Crippen LogP) is 0.364. The van der Waals surface area contributed by atoms with Crippen LogP contribution >= 0.6 is 0 Å². The van der Waals surface area contributed by atoms with E-state index in [0.717, 1.165) is 25.6 Å². The molecule has 0 amide bonds. The molecular weight excluding hydrogens is 164 g/mol. The first-order valence-electron chi connectivity index (χ1n) is 5.34. The highest BCUT2D eigenvalue weighted by Gasteiger charge is 2.29. The fourth-order valence-corrected chi connectivity index (χ4v) is 2.01. The summed E-state index contributed by atoms with van der Waals surface area (Å²) in [5.41, 5.74) is 0.122. The number of ether oxygens (including phenoxy) is 1. The van der Waals surface area contributed by atoms with E-state index in [1.807, 2.05) is 0 Å². The normalized spacial score (nSPS) is 34.8. The van der Waals surface area contributed by atoms with Gasteiger partial charge >= 0.3 is 0 Å². The fraction of sp³-hybridized carbons (Fsp3) is 1.00. The van der Waals surface area contributed by atoms with Gasteiger partial charge in [0.05, 0.1) is 5.60 Å². The molecule has 0 aromatic rings. The van der Waals surface area contributed by atoms with Crippen LogP contribution in [0.15, 0.2) is 0 Å². The second-order valence-corrected chi connectivity index (χ2v) is 4.56. The molecule has 0 bridgehead atoms. The van der Waals surface area contributed by atoms with Crippen molar-refractivity contribution in [1.29, 1.82) is 0 Å². The van der Waals surface area contributed by atoms with Crippen LogP contribution in [0, 0.1) is 5.92 Å². The molecule has 2 N–H and O–H groups in total. The highest BCUT2D eigenvalue weighted by atomic mass is 16.5. The summed E-state index contributed by atoms with van der Waals surface area (Å²) in [6, 6.07) is 0. The van der Waals surface area contributed by atoms with E-state index in [0.29, 0.717) is 0 Å². The van der Waals surface area contributed by atoms with Crippen molar-refractivity contribution in [2.45, 2.75) is 25.4 Å². The Bertz CT molecular complexity index is 162. The average molecular weight is 184 g/mol. The van der Waals surface area contributed by atoms with Crippen LogP contribution in [0.3, 0.4) is 0 Å². The molecule has 2 heterocycles. The molecule has 3 nitrogen and oxygen atoms in total. The van der Waals surface area contributed by atoms with Gasteiger partial charge in [-0.15, -0.1) is 0 Å².